The lowest BCUT2D eigenvalue weighted by Gasteiger charge is -2.37. The quantitative estimate of drug-likeness (QED) is 0.227. The first-order chi connectivity index (χ1) is 25.7. The predicted octanol–water partition coefficient (Wildman–Crippen LogP) is 5.11. The molecule has 8 rings (SSSR count). The molecule has 14 heteroatoms. The third kappa shape index (κ3) is 7.28. The van der Waals surface area contributed by atoms with Crippen molar-refractivity contribution in [2.24, 2.45) is 0 Å². The average Bonchev–Trinajstić information content (AvgIpc) is 3.73. The number of methoxy groups -OCH3 is 1. The van der Waals surface area contributed by atoms with E-state index in [2.05, 4.69) is 68.0 Å². The largest absolute Gasteiger partial charge is 0.381 e. The number of halogens is 1. The van der Waals surface area contributed by atoms with E-state index in [9.17, 15) is 4.79 Å². The van der Waals surface area contributed by atoms with Gasteiger partial charge in [-0.15, -0.1) is 0 Å². The van der Waals surface area contributed by atoms with Crippen molar-refractivity contribution in [3.8, 4) is 0 Å². The first-order valence-electron chi connectivity index (χ1n) is 19.3. The maximum atomic E-state index is 15.4. The lowest BCUT2D eigenvalue weighted by Crippen LogP contribution is -2.46. The summed E-state index contributed by atoms with van der Waals surface area (Å²) in [5.74, 6) is 2.53. The van der Waals surface area contributed by atoms with Crippen LogP contribution in [0.2, 0.25) is 0 Å². The van der Waals surface area contributed by atoms with E-state index in [4.69, 9.17) is 19.8 Å². The second-order valence-electron chi connectivity index (χ2n) is 15.4. The summed E-state index contributed by atoms with van der Waals surface area (Å²) in [7, 11) is 3.90. The fourth-order valence-electron chi connectivity index (χ4n) is 8.62. The number of amides is 1. The number of nitrogens with one attached hydrogen (secondary N) is 2. The van der Waals surface area contributed by atoms with Crippen LogP contribution in [0.4, 0.5) is 27.8 Å². The molecule has 7 heterocycles. The first kappa shape index (κ1) is 35.6. The molecule has 2 N–H and O–H groups in total. The van der Waals surface area contributed by atoms with Crippen LogP contribution in [0.5, 0.6) is 0 Å². The molecule has 3 fully saturated rings. The molecule has 13 nitrogen and oxygen atoms in total. The number of ether oxygens (including phenoxy) is 1. The van der Waals surface area contributed by atoms with Crippen LogP contribution in [0.3, 0.4) is 0 Å². The van der Waals surface area contributed by atoms with Crippen molar-refractivity contribution in [1.82, 2.24) is 39.8 Å². The number of carbonyl (C=O) groups is 1. The number of anilines is 4. The predicted molar refractivity (Wildman–Crippen MR) is 204 cm³/mol. The van der Waals surface area contributed by atoms with Crippen molar-refractivity contribution < 1.29 is 13.9 Å². The van der Waals surface area contributed by atoms with Gasteiger partial charge in [-0.3, -0.25) is 14.4 Å². The molecule has 4 aromatic rings. The van der Waals surface area contributed by atoms with Crippen LogP contribution in [0.15, 0.2) is 36.7 Å². The molecular formula is C39H52FN11O2. The van der Waals surface area contributed by atoms with Crippen molar-refractivity contribution in [3.63, 3.8) is 0 Å². The Morgan fingerprint density at radius 3 is 2.57 bits per heavy atom. The highest BCUT2D eigenvalue weighted by Gasteiger charge is 2.36. The zero-order valence-electron chi connectivity index (χ0n) is 31.4. The van der Waals surface area contributed by atoms with E-state index in [-0.39, 0.29) is 23.6 Å². The van der Waals surface area contributed by atoms with Crippen LogP contribution in [-0.4, -0.2) is 112 Å². The van der Waals surface area contributed by atoms with E-state index in [0.29, 0.717) is 42.8 Å². The lowest BCUT2D eigenvalue weighted by molar-refractivity contribution is 0.0671. The van der Waals surface area contributed by atoms with Crippen LogP contribution in [0.25, 0.3) is 10.9 Å². The van der Waals surface area contributed by atoms with Gasteiger partial charge in [-0.25, -0.2) is 14.4 Å². The number of fused-ring (bicyclic) bond motifs is 2. The fraction of sp³-hybridized carbons (Fsp3) is 0.564. The Morgan fingerprint density at radius 1 is 1.04 bits per heavy atom. The Hall–Kier alpha value is -4.40. The molecule has 282 valence electrons. The number of carbonyl (C=O) groups excluding carboxylic acids is 1. The highest BCUT2D eigenvalue weighted by molar-refractivity contribution is 5.99. The summed E-state index contributed by atoms with van der Waals surface area (Å²) in [6.45, 7) is 10.6. The van der Waals surface area contributed by atoms with Gasteiger partial charge in [0, 0.05) is 89.5 Å². The summed E-state index contributed by atoms with van der Waals surface area (Å²) in [6.07, 6.45) is 9.87. The molecule has 0 aliphatic carbocycles. The Morgan fingerprint density at radius 2 is 1.83 bits per heavy atom. The third-order valence-electron chi connectivity index (χ3n) is 11.6. The monoisotopic (exact) mass is 725 g/mol. The summed E-state index contributed by atoms with van der Waals surface area (Å²) in [5, 5.41) is 12.9. The van der Waals surface area contributed by atoms with Gasteiger partial charge >= 0.3 is 0 Å². The van der Waals surface area contributed by atoms with Gasteiger partial charge in [0.15, 0.2) is 5.82 Å². The molecule has 1 atom stereocenters. The van der Waals surface area contributed by atoms with E-state index < -0.39 is 5.82 Å². The number of piperidine rings is 3. The Labute approximate surface area is 310 Å². The van der Waals surface area contributed by atoms with E-state index in [1.54, 1.807) is 19.4 Å². The van der Waals surface area contributed by atoms with E-state index >= 15 is 4.39 Å². The number of benzene rings is 1. The minimum Gasteiger partial charge on any atom is -0.381 e. The van der Waals surface area contributed by atoms with Gasteiger partial charge in [-0.05, 0) is 89.2 Å². The van der Waals surface area contributed by atoms with Crippen molar-refractivity contribution in [2.45, 2.75) is 89.7 Å². The summed E-state index contributed by atoms with van der Waals surface area (Å²) in [5.41, 5.74) is 3.03. The zero-order chi connectivity index (χ0) is 36.6. The Bertz CT molecular complexity index is 1930. The molecule has 4 aliphatic heterocycles. The number of rotatable bonds is 10. The number of hydrogen-bond donors (Lipinski definition) is 2. The maximum Gasteiger partial charge on any atom is 0.257 e. The average molecular weight is 726 g/mol. The Kier molecular flexibility index (Phi) is 10.2. The van der Waals surface area contributed by atoms with Gasteiger partial charge in [0.1, 0.15) is 17.5 Å². The third-order valence-corrected chi connectivity index (χ3v) is 11.6. The smallest absolute Gasteiger partial charge is 0.257 e. The van der Waals surface area contributed by atoms with Crippen LogP contribution >= 0.6 is 0 Å². The van der Waals surface area contributed by atoms with Crippen LogP contribution in [0.1, 0.15) is 79.9 Å². The van der Waals surface area contributed by atoms with Gasteiger partial charge in [0.05, 0.1) is 22.6 Å². The summed E-state index contributed by atoms with van der Waals surface area (Å²) in [4.78, 5) is 36.1. The molecule has 1 amide bonds. The molecule has 53 heavy (non-hydrogen) atoms. The van der Waals surface area contributed by atoms with Crippen LogP contribution in [0, 0.1) is 5.82 Å². The highest BCUT2D eigenvalue weighted by Crippen LogP contribution is 2.34. The van der Waals surface area contributed by atoms with Crippen molar-refractivity contribution >= 4 is 40.2 Å². The number of hydrogen-bond acceptors (Lipinski definition) is 11. The van der Waals surface area contributed by atoms with Gasteiger partial charge < -0.3 is 30.1 Å². The van der Waals surface area contributed by atoms with Crippen molar-refractivity contribution in [1.29, 1.82) is 0 Å². The molecule has 1 unspecified atom stereocenters. The fourth-order valence-corrected chi connectivity index (χ4v) is 8.62. The second-order valence-corrected chi connectivity index (χ2v) is 15.4. The molecule has 4 aliphatic rings. The van der Waals surface area contributed by atoms with E-state index in [0.717, 1.165) is 106 Å². The molecule has 0 saturated carbocycles. The molecule has 3 saturated heterocycles. The van der Waals surface area contributed by atoms with Gasteiger partial charge in [0.2, 0.25) is 5.95 Å². The first-order valence-corrected chi connectivity index (χ1v) is 19.3. The molecular weight excluding hydrogens is 674 g/mol. The van der Waals surface area contributed by atoms with Crippen molar-refractivity contribution in [3.05, 3.63) is 59.2 Å². The maximum absolute atomic E-state index is 15.4. The van der Waals surface area contributed by atoms with E-state index in [1.807, 2.05) is 17.2 Å². The highest BCUT2D eigenvalue weighted by atomic mass is 19.1. The lowest BCUT2D eigenvalue weighted by atomic mass is 10.0. The van der Waals surface area contributed by atoms with Gasteiger partial charge in [0.25, 0.3) is 5.91 Å². The molecule has 0 spiro atoms. The standard InChI is InChI=1S/C39H52FN11O2/c1-25(2)51-33-20-35(44-34-7-13-42-39(45-34)49-16-10-30(53-4)11-17-49)43-22-31(33)37(46-51)48-14-8-28(9-15-48)47(3)23-26-18-27-24-50(29-6-5-12-41-21-29)38(52)36(27)32(40)19-26/h7,13,18-20,22,25,28-30,41H,5-6,8-12,14-17,21,23-24H2,1-4H3,(H,42,43,44,45). The SMILES string of the molecule is COC1CCN(c2nccc(Nc3cc4c(cn3)c(N3CCC(N(C)Cc5cc(F)c6c(c5)CN(C5CCCNC5)C6=O)CC3)nn4C(C)C)n2)CC1. The topological polar surface area (TPSA) is 120 Å². The zero-order valence-corrected chi connectivity index (χ0v) is 31.4. The van der Waals surface area contributed by atoms with Gasteiger partial charge in [-0.2, -0.15) is 10.1 Å². The van der Waals surface area contributed by atoms with Crippen LogP contribution in [-0.2, 0) is 17.8 Å². The van der Waals surface area contributed by atoms with Crippen molar-refractivity contribution in [2.75, 3.05) is 68.5 Å². The van der Waals surface area contributed by atoms with Crippen LogP contribution < -0.4 is 20.4 Å². The summed E-state index contributed by atoms with van der Waals surface area (Å²) in [6, 6.07) is 8.20. The van der Waals surface area contributed by atoms with Gasteiger partial charge in [-0.1, -0.05) is 6.07 Å². The minimum atomic E-state index is -0.392. The Balaban J connectivity index is 0.916. The molecule has 3 aromatic heterocycles. The molecule has 0 radical (unpaired) electrons. The summed E-state index contributed by atoms with van der Waals surface area (Å²) >= 11 is 0. The normalized spacial score (nSPS) is 20.3. The minimum absolute atomic E-state index is 0.130. The second kappa shape index (κ2) is 15.2. The number of pyridine rings is 1. The van der Waals surface area contributed by atoms with E-state index in [1.165, 1.54) is 0 Å². The summed E-state index contributed by atoms with van der Waals surface area (Å²) < 4.78 is 23.0. The molecule has 0 bridgehead atoms. The number of aromatic nitrogens is 5. The number of nitrogens with zero attached hydrogens (tertiary/aromatic N) is 9. The molecule has 1 aromatic carbocycles.